The van der Waals surface area contributed by atoms with Gasteiger partial charge in [-0.3, -0.25) is 0 Å². The zero-order valence-electron chi connectivity index (χ0n) is 38.2. The van der Waals surface area contributed by atoms with E-state index in [0.717, 1.165) is 80.6 Å². The maximum Gasteiger partial charge on any atom is 0.117 e. The zero-order valence-corrected chi connectivity index (χ0v) is 38.2. The number of hydrogen-bond acceptors (Lipinski definition) is 8. The monoisotopic (exact) mass is 824 g/mol. The molecule has 0 N–H and O–H groups in total. The molecule has 0 amide bonds. The van der Waals surface area contributed by atoms with Crippen LogP contribution in [0.5, 0.6) is 0 Å². The molecule has 8 heterocycles. The standard InChI is InChI=1S/C53H60O8/c1-47(2,33-17-15-31-54-33)35-19-21-37(56-35)49(5,6)39-23-25-41(58-39)51(9,10)43-27-29-45(60-43)53(13,14)46-30-28-44(61-46)52(11,12)42-26-24-40(59-42)50(7,8)38-22-20-36(57-38)48(3,4)34-18-16-32-55-34/h15-32H,1-14H3. The van der Waals surface area contributed by atoms with E-state index in [1.165, 1.54) is 0 Å². The van der Waals surface area contributed by atoms with Crippen LogP contribution in [0, 0.1) is 0 Å². The molecule has 8 heteroatoms. The molecule has 8 aromatic rings. The van der Waals surface area contributed by atoms with E-state index in [1.54, 1.807) is 12.5 Å². The largest absolute Gasteiger partial charge is 0.468 e. The second-order valence-electron chi connectivity index (χ2n) is 20.3. The highest BCUT2D eigenvalue weighted by Gasteiger charge is 2.41. The fourth-order valence-electron chi connectivity index (χ4n) is 8.18. The van der Waals surface area contributed by atoms with E-state index in [1.807, 2.05) is 97.1 Å². The first-order valence-electron chi connectivity index (χ1n) is 21.2. The number of hydrogen-bond donors (Lipinski definition) is 0. The molecule has 0 aliphatic heterocycles. The van der Waals surface area contributed by atoms with E-state index >= 15 is 0 Å². The Morgan fingerprint density at radius 1 is 0.213 bits per heavy atom. The molecule has 8 rings (SSSR count). The molecule has 0 spiro atoms. The van der Waals surface area contributed by atoms with Crippen LogP contribution in [-0.2, 0) is 37.9 Å². The molecule has 8 aromatic heterocycles. The van der Waals surface area contributed by atoms with Gasteiger partial charge in [-0.25, -0.2) is 0 Å². The van der Waals surface area contributed by atoms with Gasteiger partial charge in [-0.2, -0.15) is 0 Å². The molecule has 0 aliphatic rings. The summed E-state index contributed by atoms with van der Waals surface area (Å²) in [5.41, 5.74) is -3.58. The van der Waals surface area contributed by atoms with Crippen LogP contribution in [-0.4, -0.2) is 0 Å². The zero-order chi connectivity index (χ0) is 44.0. The third-order valence-corrected chi connectivity index (χ3v) is 13.3. The van der Waals surface area contributed by atoms with Crippen LogP contribution in [0.4, 0.5) is 0 Å². The second-order valence-corrected chi connectivity index (χ2v) is 20.3. The highest BCUT2D eigenvalue weighted by Crippen LogP contribution is 2.45. The van der Waals surface area contributed by atoms with Gasteiger partial charge in [0.25, 0.3) is 0 Å². The molecule has 0 aliphatic carbocycles. The summed E-state index contributed by atoms with van der Waals surface area (Å²) in [6.45, 7) is 29.6. The Morgan fingerprint density at radius 3 is 0.492 bits per heavy atom. The average molecular weight is 825 g/mol. The van der Waals surface area contributed by atoms with Crippen LogP contribution in [0.3, 0.4) is 0 Å². The van der Waals surface area contributed by atoms with Gasteiger partial charge in [-0.1, -0.05) is 0 Å². The smallest absolute Gasteiger partial charge is 0.117 e. The summed E-state index contributed by atoms with van der Waals surface area (Å²) in [4.78, 5) is 0. The van der Waals surface area contributed by atoms with E-state index in [0.29, 0.717) is 0 Å². The summed E-state index contributed by atoms with van der Waals surface area (Å²) in [6, 6.07) is 32.2. The average Bonchev–Trinajstić information content (AvgIpc) is 4.09. The highest BCUT2D eigenvalue weighted by atomic mass is 16.4. The molecule has 0 saturated heterocycles. The van der Waals surface area contributed by atoms with Crippen molar-refractivity contribution in [3.63, 3.8) is 0 Å². The molecular formula is C53H60O8. The molecule has 0 atom stereocenters. The highest BCUT2D eigenvalue weighted by molar-refractivity contribution is 5.39. The Balaban J connectivity index is 0.984. The van der Waals surface area contributed by atoms with Gasteiger partial charge in [-0.15, -0.1) is 0 Å². The molecule has 0 fully saturated rings. The maximum atomic E-state index is 6.70. The minimum atomic E-state index is -0.573. The van der Waals surface area contributed by atoms with Crippen LogP contribution in [0.1, 0.15) is 178 Å². The lowest BCUT2D eigenvalue weighted by molar-refractivity contribution is 0.278. The topological polar surface area (TPSA) is 105 Å². The third kappa shape index (κ3) is 6.92. The Hall–Kier alpha value is -5.76. The lowest BCUT2D eigenvalue weighted by Crippen LogP contribution is -2.21. The Bertz CT molecular complexity index is 2540. The van der Waals surface area contributed by atoms with E-state index in [4.69, 9.17) is 35.3 Å². The van der Waals surface area contributed by atoms with Crippen molar-refractivity contribution < 1.29 is 35.3 Å². The minimum Gasteiger partial charge on any atom is -0.468 e. The summed E-state index contributed by atoms with van der Waals surface area (Å²) >= 11 is 0. The van der Waals surface area contributed by atoms with Crippen molar-refractivity contribution in [2.45, 2.75) is 135 Å². The van der Waals surface area contributed by atoms with Crippen molar-refractivity contribution in [2.75, 3.05) is 0 Å². The lowest BCUT2D eigenvalue weighted by Gasteiger charge is -2.24. The normalized spacial score (nSPS) is 13.7. The van der Waals surface area contributed by atoms with E-state index in [2.05, 4.69) is 96.9 Å². The van der Waals surface area contributed by atoms with Crippen molar-refractivity contribution in [2.24, 2.45) is 0 Å². The minimum absolute atomic E-state index is 0.417. The lowest BCUT2D eigenvalue weighted by atomic mass is 9.87. The Morgan fingerprint density at radius 2 is 0.361 bits per heavy atom. The molecule has 0 bridgehead atoms. The fourth-order valence-corrected chi connectivity index (χ4v) is 8.18. The molecule has 61 heavy (non-hydrogen) atoms. The first-order valence-corrected chi connectivity index (χ1v) is 21.2. The molecule has 0 saturated carbocycles. The van der Waals surface area contributed by atoms with E-state index in [-0.39, 0.29) is 0 Å². The van der Waals surface area contributed by atoms with Gasteiger partial charge < -0.3 is 35.3 Å². The van der Waals surface area contributed by atoms with E-state index in [9.17, 15) is 0 Å². The van der Waals surface area contributed by atoms with Gasteiger partial charge in [0.15, 0.2) is 0 Å². The van der Waals surface area contributed by atoms with Crippen molar-refractivity contribution >= 4 is 0 Å². The molecular weight excluding hydrogens is 765 g/mol. The van der Waals surface area contributed by atoms with Crippen LogP contribution >= 0.6 is 0 Å². The van der Waals surface area contributed by atoms with Crippen LogP contribution in [0.15, 0.2) is 145 Å². The summed E-state index contributed by atoms with van der Waals surface area (Å²) in [5.74, 6) is 11.4. The van der Waals surface area contributed by atoms with Gasteiger partial charge in [0.1, 0.15) is 80.6 Å². The van der Waals surface area contributed by atoms with Crippen molar-refractivity contribution in [3.8, 4) is 0 Å². The van der Waals surface area contributed by atoms with Gasteiger partial charge in [0, 0.05) is 0 Å². The third-order valence-electron chi connectivity index (χ3n) is 13.3. The summed E-state index contributed by atoms with van der Waals surface area (Å²) < 4.78 is 51.2. The van der Waals surface area contributed by atoms with E-state index < -0.39 is 37.9 Å². The van der Waals surface area contributed by atoms with Gasteiger partial charge in [0.2, 0.25) is 0 Å². The van der Waals surface area contributed by atoms with Crippen molar-refractivity contribution in [1.82, 2.24) is 0 Å². The van der Waals surface area contributed by atoms with Crippen LogP contribution in [0.25, 0.3) is 0 Å². The SMILES string of the molecule is CC(C)(c1ccco1)c1ccc(C(C)(C)c2ccc(C(C)(C)c3ccc(C(C)(C)c4ccc(C(C)(C)c5ccc(C(C)(C)c6ccc(C(C)(C)c7ccco7)o6)o5)o4)o3)o2)o1. The summed E-state index contributed by atoms with van der Waals surface area (Å²) in [5, 5.41) is 0. The second kappa shape index (κ2) is 14.1. The van der Waals surface area contributed by atoms with Crippen LogP contribution in [0.2, 0.25) is 0 Å². The quantitative estimate of drug-likeness (QED) is 0.107. The molecule has 0 unspecified atom stereocenters. The molecule has 0 radical (unpaired) electrons. The number of rotatable bonds is 14. The van der Waals surface area contributed by atoms with Gasteiger partial charge >= 0.3 is 0 Å². The first kappa shape index (κ1) is 42.0. The number of furan rings is 8. The van der Waals surface area contributed by atoms with Gasteiger partial charge in [0.05, 0.1) is 50.4 Å². The predicted molar refractivity (Wildman–Crippen MR) is 235 cm³/mol. The Labute approximate surface area is 359 Å². The molecule has 8 nitrogen and oxygen atoms in total. The first-order chi connectivity index (χ1) is 28.5. The summed E-state index contributed by atoms with van der Waals surface area (Å²) in [7, 11) is 0. The van der Waals surface area contributed by atoms with Crippen molar-refractivity contribution in [3.05, 3.63) is 190 Å². The maximum absolute atomic E-state index is 6.70. The van der Waals surface area contributed by atoms with Crippen LogP contribution < -0.4 is 0 Å². The molecule has 0 aromatic carbocycles. The molecule has 320 valence electrons. The fraction of sp³-hybridized carbons (Fsp3) is 0.396. The van der Waals surface area contributed by atoms with Gasteiger partial charge in [-0.05, 0) is 194 Å². The van der Waals surface area contributed by atoms with Crippen molar-refractivity contribution in [1.29, 1.82) is 0 Å². The predicted octanol–water partition coefficient (Wildman–Crippen LogP) is 14.7. The Kier molecular flexibility index (Phi) is 9.73. The summed E-state index contributed by atoms with van der Waals surface area (Å²) in [6.07, 6.45) is 3.38.